The summed E-state index contributed by atoms with van der Waals surface area (Å²) in [6.07, 6.45) is 10.2. The average molecular weight is 313 g/mol. The first-order valence-corrected chi connectivity index (χ1v) is 7.46. The van der Waals surface area contributed by atoms with Crippen LogP contribution in [0.25, 0.3) is 12.2 Å². The second kappa shape index (κ2) is 6.64. The highest BCUT2D eigenvalue weighted by Crippen LogP contribution is 2.40. The Hall–Kier alpha value is -2.64. The van der Waals surface area contributed by atoms with Crippen LogP contribution >= 0.6 is 0 Å². The lowest BCUT2D eigenvalue weighted by atomic mass is 9.78. The van der Waals surface area contributed by atoms with Crippen LogP contribution in [0.4, 0.5) is 10.5 Å². The van der Waals surface area contributed by atoms with Gasteiger partial charge in [-0.15, -0.1) is 0 Å². The Morgan fingerprint density at radius 3 is 2.83 bits per heavy atom. The number of hydrazine groups is 2. The monoisotopic (exact) mass is 313 g/mol. The van der Waals surface area contributed by atoms with Gasteiger partial charge in [0, 0.05) is 11.6 Å². The van der Waals surface area contributed by atoms with Gasteiger partial charge in [0.2, 0.25) is 5.89 Å². The lowest BCUT2D eigenvalue weighted by Gasteiger charge is -2.29. The third kappa shape index (κ3) is 3.10. The maximum absolute atomic E-state index is 11.8. The van der Waals surface area contributed by atoms with Gasteiger partial charge in [-0.05, 0) is 36.5 Å². The largest absolute Gasteiger partial charge is 0.445 e. The zero-order valence-corrected chi connectivity index (χ0v) is 12.6. The normalized spacial score (nSPS) is 14.7. The fourth-order valence-electron chi connectivity index (χ4n) is 2.69. The molecule has 1 aliphatic rings. The van der Waals surface area contributed by atoms with Gasteiger partial charge < -0.3 is 4.42 Å². The van der Waals surface area contributed by atoms with Gasteiger partial charge in [-0.1, -0.05) is 18.6 Å². The van der Waals surface area contributed by atoms with Crippen LogP contribution in [0.3, 0.4) is 0 Å². The van der Waals surface area contributed by atoms with E-state index in [1.165, 1.54) is 12.7 Å². The third-order valence-electron chi connectivity index (χ3n) is 4.11. The van der Waals surface area contributed by atoms with Gasteiger partial charge in [0.1, 0.15) is 6.26 Å². The molecule has 0 aliphatic heterocycles. The van der Waals surface area contributed by atoms with E-state index in [0.29, 0.717) is 17.5 Å². The minimum absolute atomic E-state index is 0.480. The van der Waals surface area contributed by atoms with Crippen molar-refractivity contribution in [1.29, 1.82) is 0 Å². The van der Waals surface area contributed by atoms with Crippen LogP contribution in [0.5, 0.6) is 0 Å². The van der Waals surface area contributed by atoms with E-state index in [1.54, 1.807) is 18.3 Å². The third-order valence-corrected chi connectivity index (χ3v) is 4.11. The summed E-state index contributed by atoms with van der Waals surface area (Å²) in [4.78, 5) is 15.8. The molecule has 2 aromatic rings. The van der Waals surface area contributed by atoms with Gasteiger partial charge in [-0.25, -0.2) is 26.5 Å². The minimum Gasteiger partial charge on any atom is -0.445 e. The van der Waals surface area contributed by atoms with Crippen molar-refractivity contribution in [2.24, 2.45) is 11.7 Å². The SMILES string of the molecule is NNC(=O)N(N)c1cccc(C2CCC2)c1/C=C/c1ncco1. The molecule has 0 bridgehead atoms. The number of nitrogens with one attached hydrogen (secondary N) is 1. The van der Waals surface area contributed by atoms with Crippen molar-refractivity contribution in [3.8, 4) is 0 Å². The van der Waals surface area contributed by atoms with Crippen molar-refractivity contribution in [2.75, 3.05) is 5.01 Å². The molecule has 7 nitrogen and oxygen atoms in total. The number of oxazole rings is 1. The van der Waals surface area contributed by atoms with Crippen LogP contribution in [0.2, 0.25) is 0 Å². The number of rotatable bonds is 4. The molecular weight excluding hydrogens is 294 g/mol. The standard InChI is InChI=1S/C16H19N5O2/c17-20-16(22)21(18)14-6-2-5-12(11-3-1-4-11)13(14)7-8-15-19-9-10-23-15/h2,5-11H,1,3-4,17-18H2,(H,20,22)/b8-7+. The molecule has 0 saturated heterocycles. The Morgan fingerprint density at radius 1 is 1.39 bits per heavy atom. The zero-order valence-electron chi connectivity index (χ0n) is 12.6. The predicted octanol–water partition coefficient (Wildman–Crippen LogP) is 2.38. The summed E-state index contributed by atoms with van der Waals surface area (Å²) in [5, 5.41) is 1.01. The molecule has 0 radical (unpaired) electrons. The molecule has 1 saturated carbocycles. The molecule has 0 spiro atoms. The highest BCUT2D eigenvalue weighted by atomic mass is 16.3. The smallest absolute Gasteiger partial charge is 0.350 e. The number of amides is 2. The zero-order chi connectivity index (χ0) is 16.2. The fourth-order valence-corrected chi connectivity index (χ4v) is 2.69. The van der Waals surface area contributed by atoms with Crippen LogP contribution < -0.4 is 22.1 Å². The maximum atomic E-state index is 11.8. The molecule has 0 atom stereocenters. The first kappa shape index (κ1) is 15.3. The summed E-state index contributed by atoms with van der Waals surface area (Å²) in [6.45, 7) is 0. The number of nitrogens with two attached hydrogens (primary N) is 2. The van der Waals surface area contributed by atoms with Gasteiger partial charge in [0.15, 0.2) is 0 Å². The topological polar surface area (TPSA) is 110 Å². The molecule has 120 valence electrons. The Bertz CT molecular complexity index is 707. The minimum atomic E-state index is -0.582. The number of benzene rings is 1. The molecule has 1 aromatic carbocycles. The Kier molecular flexibility index (Phi) is 4.40. The number of carbonyl (C=O) groups is 1. The van der Waals surface area contributed by atoms with Crippen molar-refractivity contribution >= 4 is 23.9 Å². The first-order chi connectivity index (χ1) is 11.2. The molecule has 23 heavy (non-hydrogen) atoms. The van der Waals surface area contributed by atoms with E-state index in [4.69, 9.17) is 16.1 Å². The molecular formula is C16H19N5O2. The van der Waals surface area contributed by atoms with Crippen molar-refractivity contribution in [1.82, 2.24) is 10.4 Å². The summed E-state index contributed by atoms with van der Waals surface area (Å²) in [6, 6.07) is 5.17. The van der Waals surface area contributed by atoms with E-state index < -0.39 is 6.03 Å². The molecule has 0 unspecified atom stereocenters. The highest BCUT2D eigenvalue weighted by molar-refractivity contribution is 5.94. The molecule has 3 rings (SSSR count). The van der Waals surface area contributed by atoms with Crippen molar-refractivity contribution in [2.45, 2.75) is 25.2 Å². The molecule has 1 fully saturated rings. The maximum Gasteiger partial charge on any atom is 0.350 e. The summed E-state index contributed by atoms with van der Waals surface area (Å²) in [5.74, 6) is 12.1. The van der Waals surface area contributed by atoms with Crippen molar-refractivity contribution < 1.29 is 9.21 Å². The number of hydrogen-bond acceptors (Lipinski definition) is 5. The molecule has 1 aromatic heterocycles. The van der Waals surface area contributed by atoms with Crippen LogP contribution in [0, 0.1) is 0 Å². The quantitative estimate of drug-likeness (QED) is 0.456. The lowest BCUT2D eigenvalue weighted by molar-refractivity contribution is 0.246. The summed E-state index contributed by atoms with van der Waals surface area (Å²) in [5.41, 5.74) is 4.67. The first-order valence-electron chi connectivity index (χ1n) is 7.46. The number of nitrogens with zero attached hydrogens (tertiary/aromatic N) is 2. The van der Waals surface area contributed by atoms with E-state index in [9.17, 15) is 4.79 Å². The molecule has 7 heteroatoms. The Morgan fingerprint density at radius 2 is 2.22 bits per heavy atom. The lowest BCUT2D eigenvalue weighted by Crippen LogP contribution is -2.48. The highest BCUT2D eigenvalue weighted by Gasteiger charge is 2.24. The van der Waals surface area contributed by atoms with E-state index in [2.05, 4.69) is 11.1 Å². The van der Waals surface area contributed by atoms with Crippen molar-refractivity contribution in [3.63, 3.8) is 0 Å². The van der Waals surface area contributed by atoms with E-state index in [1.807, 2.05) is 17.6 Å². The number of carbonyl (C=O) groups excluding carboxylic acids is 1. The van der Waals surface area contributed by atoms with Gasteiger partial charge in [-0.3, -0.25) is 5.43 Å². The average Bonchev–Trinajstić information content (AvgIpc) is 3.03. The van der Waals surface area contributed by atoms with Crippen molar-refractivity contribution in [3.05, 3.63) is 47.7 Å². The van der Waals surface area contributed by atoms with E-state index in [0.717, 1.165) is 29.0 Å². The van der Waals surface area contributed by atoms with Gasteiger partial charge in [-0.2, -0.15) is 0 Å². The van der Waals surface area contributed by atoms with Crippen LogP contribution in [0.1, 0.15) is 42.2 Å². The van der Waals surface area contributed by atoms with Gasteiger partial charge >= 0.3 is 6.03 Å². The second-order valence-electron chi connectivity index (χ2n) is 5.43. The molecule has 1 aliphatic carbocycles. The van der Waals surface area contributed by atoms with E-state index >= 15 is 0 Å². The Balaban J connectivity index is 2.02. The molecule has 5 N–H and O–H groups in total. The fraction of sp³-hybridized carbons (Fsp3) is 0.250. The van der Waals surface area contributed by atoms with Gasteiger partial charge in [0.25, 0.3) is 0 Å². The number of hydrogen-bond donors (Lipinski definition) is 3. The summed E-state index contributed by atoms with van der Waals surface area (Å²) in [7, 11) is 0. The number of anilines is 1. The van der Waals surface area contributed by atoms with Gasteiger partial charge in [0.05, 0.1) is 11.9 Å². The number of aromatic nitrogens is 1. The van der Waals surface area contributed by atoms with Crippen LogP contribution in [0.15, 0.2) is 35.1 Å². The van der Waals surface area contributed by atoms with Crippen LogP contribution in [-0.4, -0.2) is 11.0 Å². The Labute approximate surface area is 133 Å². The van der Waals surface area contributed by atoms with E-state index in [-0.39, 0.29) is 0 Å². The summed E-state index contributed by atoms with van der Waals surface area (Å²) >= 11 is 0. The molecule has 1 heterocycles. The summed E-state index contributed by atoms with van der Waals surface area (Å²) < 4.78 is 5.22. The second-order valence-corrected chi connectivity index (χ2v) is 5.43. The molecule has 2 amide bonds. The van der Waals surface area contributed by atoms with Crippen LogP contribution in [-0.2, 0) is 0 Å². The number of urea groups is 1. The predicted molar refractivity (Wildman–Crippen MR) is 87.9 cm³/mol.